The molecule has 0 fully saturated rings. The molecular formula is C24H29N3O6. The summed E-state index contributed by atoms with van der Waals surface area (Å²) >= 11 is 0. The predicted molar refractivity (Wildman–Crippen MR) is 126 cm³/mol. The van der Waals surface area contributed by atoms with Gasteiger partial charge in [0.1, 0.15) is 24.7 Å². The second kappa shape index (κ2) is 12.8. The monoisotopic (exact) mass is 455 g/mol. The van der Waals surface area contributed by atoms with Crippen molar-refractivity contribution in [1.82, 2.24) is 0 Å². The number of ether oxygens (including phenoxy) is 3. The van der Waals surface area contributed by atoms with Crippen LogP contribution in [0.25, 0.3) is 0 Å². The number of methoxy groups -OCH3 is 1. The van der Waals surface area contributed by atoms with Crippen LogP contribution in [0.5, 0.6) is 11.5 Å². The zero-order chi connectivity index (χ0) is 24.2. The molecule has 0 saturated heterocycles. The third kappa shape index (κ3) is 7.64. The molecule has 176 valence electrons. The van der Waals surface area contributed by atoms with Gasteiger partial charge in [0.15, 0.2) is 11.5 Å². The lowest BCUT2D eigenvalue weighted by atomic mass is 10.1. The van der Waals surface area contributed by atoms with Gasteiger partial charge in [0.2, 0.25) is 0 Å². The molecule has 2 rings (SSSR count). The van der Waals surface area contributed by atoms with E-state index in [-0.39, 0.29) is 30.8 Å². The van der Waals surface area contributed by atoms with Crippen LogP contribution in [0.3, 0.4) is 0 Å². The third-order valence-electron chi connectivity index (χ3n) is 4.68. The molecule has 0 aliphatic carbocycles. The molecule has 0 aliphatic heterocycles. The number of ketones is 1. The minimum atomic E-state index is -0.685. The number of carbonyl (C=O) groups is 3. The van der Waals surface area contributed by atoms with E-state index in [9.17, 15) is 14.4 Å². The summed E-state index contributed by atoms with van der Waals surface area (Å²) in [6.07, 6.45) is 0.702. The number of hydrogen-bond donors (Lipinski definition) is 2. The van der Waals surface area contributed by atoms with Crippen molar-refractivity contribution in [3.63, 3.8) is 0 Å². The van der Waals surface area contributed by atoms with Gasteiger partial charge in [-0.25, -0.2) is 0 Å². The number of nitrogens with one attached hydrogen (secondary N) is 2. The minimum Gasteiger partial charge on any atom is -0.495 e. The molecule has 9 heteroatoms. The molecule has 33 heavy (non-hydrogen) atoms. The van der Waals surface area contributed by atoms with Gasteiger partial charge in [-0.1, -0.05) is 38.1 Å². The molecule has 9 nitrogen and oxygen atoms in total. The van der Waals surface area contributed by atoms with Gasteiger partial charge in [-0.05, 0) is 30.7 Å². The molecule has 2 aromatic carbocycles. The lowest BCUT2D eigenvalue weighted by Crippen LogP contribution is -2.29. The maximum absolute atomic E-state index is 12.6. The zero-order valence-electron chi connectivity index (χ0n) is 19.2. The number of hydrogen-bond acceptors (Lipinski definition) is 8. The molecule has 0 spiro atoms. The van der Waals surface area contributed by atoms with E-state index in [0.717, 1.165) is 0 Å². The van der Waals surface area contributed by atoms with Crippen LogP contribution in [0.15, 0.2) is 53.6 Å². The van der Waals surface area contributed by atoms with Gasteiger partial charge in [0.25, 0.3) is 5.91 Å². The number of Topliss-reactive ketones (excluding diaryl/α,β-unsaturated/α-hetero) is 1. The summed E-state index contributed by atoms with van der Waals surface area (Å²) in [5.41, 5.74) is 3.24. The summed E-state index contributed by atoms with van der Waals surface area (Å²) < 4.78 is 16.1. The third-order valence-corrected chi connectivity index (χ3v) is 4.68. The van der Waals surface area contributed by atoms with Gasteiger partial charge in [-0.2, -0.15) is 5.10 Å². The Bertz CT molecular complexity index is 1010. The van der Waals surface area contributed by atoms with Crippen molar-refractivity contribution in [2.75, 3.05) is 31.1 Å². The van der Waals surface area contributed by atoms with Crippen LogP contribution < -0.4 is 20.2 Å². The minimum absolute atomic E-state index is 0.0980. The molecule has 1 atom stereocenters. The van der Waals surface area contributed by atoms with Crippen molar-refractivity contribution >= 4 is 34.7 Å². The van der Waals surface area contributed by atoms with Crippen LogP contribution in [-0.2, 0) is 19.1 Å². The second-order valence-electron chi connectivity index (χ2n) is 7.10. The molecular weight excluding hydrogens is 426 g/mol. The van der Waals surface area contributed by atoms with Crippen LogP contribution in [0, 0.1) is 5.92 Å². The molecule has 0 aliphatic rings. The van der Waals surface area contributed by atoms with Crippen molar-refractivity contribution in [3.05, 3.63) is 48.5 Å². The molecule has 0 unspecified atom stereocenters. The summed E-state index contributed by atoms with van der Waals surface area (Å²) in [4.78, 5) is 36.4. The topological polar surface area (TPSA) is 115 Å². The number of rotatable bonds is 12. The van der Waals surface area contributed by atoms with Gasteiger partial charge >= 0.3 is 5.97 Å². The molecule has 0 bridgehead atoms. The summed E-state index contributed by atoms with van der Waals surface area (Å²) in [7, 11) is 1.48. The first-order valence-corrected chi connectivity index (χ1v) is 10.5. The molecule has 1 amide bonds. The van der Waals surface area contributed by atoms with Gasteiger partial charge < -0.3 is 19.5 Å². The smallest absolute Gasteiger partial charge is 0.308 e. The fourth-order valence-electron chi connectivity index (χ4n) is 2.62. The Hall–Kier alpha value is -3.88. The van der Waals surface area contributed by atoms with Gasteiger partial charge in [0, 0.05) is 6.92 Å². The largest absolute Gasteiger partial charge is 0.495 e. The normalized spacial score (nSPS) is 11.8. The van der Waals surface area contributed by atoms with Crippen molar-refractivity contribution < 1.29 is 28.6 Å². The van der Waals surface area contributed by atoms with Crippen LogP contribution in [0.4, 0.5) is 11.4 Å². The number of carbonyl (C=O) groups excluding carboxylic acids is 3. The summed E-state index contributed by atoms with van der Waals surface area (Å²) in [5.74, 6) is -0.770. The first-order chi connectivity index (χ1) is 15.9. The Morgan fingerprint density at radius 2 is 1.61 bits per heavy atom. The maximum Gasteiger partial charge on any atom is 0.308 e. The number of nitrogens with zero attached hydrogens (tertiary/aromatic N) is 1. The van der Waals surface area contributed by atoms with E-state index in [1.165, 1.54) is 14.0 Å². The van der Waals surface area contributed by atoms with Crippen LogP contribution in [-0.4, -0.2) is 43.7 Å². The molecule has 0 radical (unpaired) electrons. The Kier molecular flexibility index (Phi) is 9.88. The van der Waals surface area contributed by atoms with Gasteiger partial charge in [-0.15, -0.1) is 0 Å². The quantitative estimate of drug-likeness (QED) is 0.165. The standard InChI is InChI=1S/C24H29N3O6/c1-5-16(2)24(30)33-15-14-32-21-13-9-7-11-19(21)26-27-22(17(3)28)23(29)25-18-10-6-8-12-20(18)31-4/h6-13,16,26H,5,14-15H2,1-4H3,(H,25,29)/b27-22-/t16-/m0/s1. The average Bonchev–Trinajstić information content (AvgIpc) is 2.82. The molecule has 2 N–H and O–H groups in total. The zero-order valence-corrected chi connectivity index (χ0v) is 19.2. The van der Waals surface area contributed by atoms with Crippen molar-refractivity contribution in [2.45, 2.75) is 27.2 Å². The summed E-state index contributed by atoms with van der Waals surface area (Å²) in [6, 6.07) is 13.7. The first kappa shape index (κ1) is 25.4. The predicted octanol–water partition coefficient (Wildman–Crippen LogP) is 3.66. The van der Waals surface area contributed by atoms with E-state index in [4.69, 9.17) is 14.2 Å². The first-order valence-electron chi connectivity index (χ1n) is 10.5. The maximum atomic E-state index is 12.6. The van der Waals surface area contributed by atoms with Crippen LogP contribution >= 0.6 is 0 Å². The lowest BCUT2D eigenvalue weighted by molar-refractivity contribution is -0.148. The number of para-hydroxylation sites is 4. The number of hydrazone groups is 1. The Morgan fingerprint density at radius 3 is 2.24 bits per heavy atom. The molecule has 0 aromatic heterocycles. The fourth-order valence-corrected chi connectivity index (χ4v) is 2.62. The van der Waals surface area contributed by atoms with E-state index in [2.05, 4.69) is 15.8 Å². The fraction of sp³-hybridized carbons (Fsp3) is 0.333. The van der Waals surface area contributed by atoms with Crippen molar-refractivity contribution in [2.24, 2.45) is 11.0 Å². The van der Waals surface area contributed by atoms with Crippen LogP contribution in [0.1, 0.15) is 27.2 Å². The highest BCUT2D eigenvalue weighted by molar-refractivity contribution is 6.67. The number of esters is 1. The number of anilines is 2. The highest BCUT2D eigenvalue weighted by Crippen LogP contribution is 2.25. The number of benzene rings is 2. The van der Waals surface area contributed by atoms with E-state index < -0.39 is 11.7 Å². The SMILES string of the molecule is CC[C@H](C)C(=O)OCCOc1ccccc1N/N=C(/C(C)=O)C(=O)Nc1ccccc1OC. The molecule has 2 aromatic rings. The van der Waals surface area contributed by atoms with Crippen molar-refractivity contribution in [1.29, 1.82) is 0 Å². The molecule has 0 saturated carbocycles. The van der Waals surface area contributed by atoms with E-state index in [1.807, 2.05) is 6.92 Å². The van der Waals surface area contributed by atoms with Crippen molar-refractivity contribution in [3.8, 4) is 11.5 Å². The summed E-state index contributed by atoms with van der Waals surface area (Å²) in [6.45, 7) is 5.20. The van der Waals surface area contributed by atoms with E-state index >= 15 is 0 Å². The van der Waals surface area contributed by atoms with E-state index in [0.29, 0.717) is 29.3 Å². The number of amides is 1. The highest BCUT2D eigenvalue weighted by atomic mass is 16.6. The van der Waals surface area contributed by atoms with Gasteiger partial charge in [0.05, 0.1) is 24.4 Å². The van der Waals surface area contributed by atoms with Crippen LogP contribution in [0.2, 0.25) is 0 Å². The highest BCUT2D eigenvalue weighted by Gasteiger charge is 2.19. The second-order valence-corrected chi connectivity index (χ2v) is 7.10. The Balaban J connectivity index is 2.05. The average molecular weight is 456 g/mol. The summed E-state index contributed by atoms with van der Waals surface area (Å²) in [5, 5.41) is 6.62. The Labute approximate surface area is 193 Å². The van der Waals surface area contributed by atoms with Gasteiger partial charge in [-0.3, -0.25) is 19.8 Å². The molecule has 0 heterocycles. The Morgan fingerprint density at radius 1 is 0.970 bits per heavy atom. The van der Waals surface area contributed by atoms with E-state index in [1.54, 1.807) is 55.5 Å². The lowest BCUT2D eigenvalue weighted by Gasteiger charge is -2.13.